The van der Waals surface area contributed by atoms with Crippen LogP contribution in [0.1, 0.15) is 15.9 Å². The highest BCUT2D eigenvalue weighted by molar-refractivity contribution is 5.92. The van der Waals surface area contributed by atoms with Crippen LogP contribution in [-0.4, -0.2) is 17.5 Å². The molecule has 1 aromatic heterocycles. The fourth-order valence-corrected chi connectivity index (χ4v) is 2.43. The van der Waals surface area contributed by atoms with Gasteiger partial charge in [0.15, 0.2) is 0 Å². The minimum absolute atomic E-state index is 0. The smallest absolute Gasteiger partial charge is 0.343 e. The van der Waals surface area contributed by atoms with Crippen molar-refractivity contribution in [3.63, 3.8) is 0 Å². The molecule has 0 radical (unpaired) electrons. The zero-order valence-corrected chi connectivity index (χ0v) is 14.5. The van der Waals surface area contributed by atoms with Crippen LogP contribution in [0.25, 0.3) is 10.9 Å². The maximum Gasteiger partial charge on any atom is 0.343 e. The molecule has 0 spiro atoms. The Morgan fingerprint density at radius 3 is 2.46 bits per heavy atom. The number of halogens is 2. The lowest BCUT2D eigenvalue weighted by molar-refractivity contribution is -0.366. The van der Waals surface area contributed by atoms with Crippen LogP contribution in [0.4, 0.5) is 5.69 Å². The SMILES string of the molecule is [Cl-].[Cl-].[NH3+]CCc1c[nH]c2ccc(OC(=O)c3ccc([NH3+])cc3)cc12. The van der Waals surface area contributed by atoms with E-state index in [4.69, 9.17) is 4.74 Å². The van der Waals surface area contributed by atoms with Gasteiger partial charge in [0, 0.05) is 23.5 Å². The fraction of sp³-hybridized carbons (Fsp3) is 0.118. The van der Waals surface area contributed by atoms with Crippen LogP contribution < -0.4 is 41.0 Å². The first-order valence-corrected chi connectivity index (χ1v) is 7.21. The minimum atomic E-state index is -0.367. The molecule has 0 aliphatic carbocycles. The van der Waals surface area contributed by atoms with Gasteiger partial charge in [-0.2, -0.15) is 0 Å². The van der Waals surface area contributed by atoms with E-state index in [2.05, 4.69) is 16.5 Å². The number of aromatic amines is 1. The van der Waals surface area contributed by atoms with Crippen molar-refractivity contribution in [1.82, 2.24) is 4.98 Å². The number of fused-ring (bicyclic) bond motifs is 1. The molecule has 7 heteroatoms. The number of benzene rings is 2. The molecular formula is C17H19Cl2N3O2. The normalized spacial score (nSPS) is 9.92. The molecular weight excluding hydrogens is 349 g/mol. The van der Waals surface area contributed by atoms with E-state index in [9.17, 15) is 4.79 Å². The predicted molar refractivity (Wildman–Crippen MR) is 83.7 cm³/mol. The van der Waals surface area contributed by atoms with Crippen molar-refractivity contribution in [2.45, 2.75) is 6.42 Å². The Labute approximate surface area is 152 Å². The van der Waals surface area contributed by atoms with Crippen LogP contribution in [0.5, 0.6) is 5.75 Å². The van der Waals surface area contributed by atoms with E-state index in [0.717, 1.165) is 29.6 Å². The van der Waals surface area contributed by atoms with Gasteiger partial charge in [0.25, 0.3) is 0 Å². The zero-order valence-electron chi connectivity index (χ0n) is 13.0. The average molecular weight is 368 g/mol. The molecule has 0 aliphatic rings. The molecule has 24 heavy (non-hydrogen) atoms. The van der Waals surface area contributed by atoms with Crippen LogP contribution in [0.15, 0.2) is 48.7 Å². The van der Waals surface area contributed by atoms with Crippen LogP contribution in [0.3, 0.4) is 0 Å². The number of ether oxygens (including phenoxy) is 1. The summed E-state index contributed by atoms with van der Waals surface area (Å²) in [7, 11) is 0. The third-order valence-corrected chi connectivity index (χ3v) is 3.59. The van der Waals surface area contributed by atoms with Gasteiger partial charge in [0.2, 0.25) is 0 Å². The summed E-state index contributed by atoms with van der Waals surface area (Å²) in [5, 5.41) is 1.07. The van der Waals surface area contributed by atoms with Gasteiger partial charge >= 0.3 is 5.97 Å². The number of rotatable bonds is 4. The van der Waals surface area contributed by atoms with Gasteiger partial charge in [0.1, 0.15) is 11.4 Å². The van der Waals surface area contributed by atoms with Gasteiger partial charge in [-0.3, -0.25) is 0 Å². The Morgan fingerprint density at radius 2 is 1.79 bits per heavy atom. The van der Waals surface area contributed by atoms with Crippen molar-refractivity contribution < 1.29 is 45.8 Å². The number of H-pyrrole nitrogens is 1. The van der Waals surface area contributed by atoms with Crippen LogP contribution in [0.2, 0.25) is 0 Å². The summed E-state index contributed by atoms with van der Waals surface area (Å²) >= 11 is 0. The Morgan fingerprint density at radius 1 is 1.08 bits per heavy atom. The second-order valence-corrected chi connectivity index (χ2v) is 5.21. The fourth-order valence-electron chi connectivity index (χ4n) is 2.43. The largest absolute Gasteiger partial charge is 1.00 e. The first-order chi connectivity index (χ1) is 10.7. The number of esters is 1. The Bertz CT molecular complexity index is 816. The van der Waals surface area contributed by atoms with Gasteiger partial charge in [-0.1, -0.05) is 0 Å². The number of carbonyl (C=O) groups excluding carboxylic acids is 1. The van der Waals surface area contributed by atoms with Crippen molar-refractivity contribution in [3.8, 4) is 5.75 Å². The predicted octanol–water partition coefficient (Wildman–Crippen LogP) is -4.95. The summed E-state index contributed by atoms with van der Waals surface area (Å²) < 4.78 is 5.46. The third kappa shape index (κ3) is 4.27. The number of hydrogen-bond acceptors (Lipinski definition) is 2. The number of aromatic nitrogens is 1. The molecule has 1 heterocycles. The van der Waals surface area contributed by atoms with E-state index in [1.807, 2.05) is 18.3 Å². The van der Waals surface area contributed by atoms with E-state index in [-0.39, 0.29) is 30.8 Å². The monoisotopic (exact) mass is 367 g/mol. The van der Waals surface area contributed by atoms with Gasteiger partial charge in [0.05, 0.1) is 12.1 Å². The summed E-state index contributed by atoms with van der Waals surface area (Å²) in [5.74, 6) is 0.176. The summed E-state index contributed by atoms with van der Waals surface area (Å²) in [6, 6.07) is 12.6. The van der Waals surface area contributed by atoms with Crippen molar-refractivity contribution in [2.24, 2.45) is 0 Å². The lowest BCUT2D eigenvalue weighted by Crippen LogP contribution is -3.00. The molecule has 0 saturated heterocycles. The average Bonchev–Trinajstić information content (AvgIpc) is 2.91. The van der Waals surface area contributed by atoms with E-state index in [1.54, 1.807) is 30.3 Å². The molecule has 3 aromatic rings. The molecule has 5 nitrogen and oxygen atoms in total. The van der Waals surface area contributed by atoms with E-state index < -0.39 is 0 Å². The molecule has 3 rings (SSSR count). The topological polar surface area (TPSA) is 97.4 Å². The second-order valence-electron chi connectivity index (χ2n) is 5.21. The Kier molecular flexibility index (Phi) is 7.25. The van der Waals surface area contributed by atoms with E-state index in [0.29, 0.717) is 11.3 Å². The zero-order chi connectivity index (χ0) is 15.5. The maximum absolute atomic E-state index is 12.1. The number of hydrogen-bond donors (Lipinski definition) is 3. The van der Waals surface area contributed by atoms with Crippen molar-refractivity contribution in [1.29, 1.82) is 0 Å². The van der Waals surface area contributed by atoms with E-state index >= 15 is 0 Å². The highest BCUT2D eigenvalue weighted by Crippen LogP contribution is 2.24. The number of nitrogens with one attached hydrogen (secondary N) is 1. The summed E-state index contributed by atoms with van der Waals surface area (Å²) in [6.45, 7) is 0.828. The highest BCUT2D eigenvalue weighted by atomic mass is 35.5. The summed E-state index contributed by atoms with van der Waals surface area (Å²) in [5.41, 5.74) is 11.3. The molecule has 0 atom stereocenters. The molecule has 0 fully saturated rings. The third-order valence-electron chi connectivity index (χ3n) is 3.59. The van der Waals surface area contributed by atoms with Gasteiger partial charge in [-0.15, -0.1) is 0 Å². The quantitative estimate of drug-likeness (QED) is 0.318. The lowest BCUT2D eigenvalue weighted by atomic mass is 10.1. The van der Waals surface area contributed by atoms with Crippen LogP contribution in [-0.2, 0) is 6.42 Å². The molecule has 0 aliphatic heterocycles. The molecule has 128 valence electrons. The molecule has 0 bridgehead atoms. The Hall–Kier alpha value is -2.05. The standard InChI is InChI=1S/C17H17N3O2.2ClH/c18-8-7-12-10-20-16-6-5-14(9-15(12)16)22-17(21)11-1-3-13(19)4-2-11;;/h1-6,9-10,20H,7-8,18-19H2;2*1H. The van der Waals surface area contributed by atoms with Gasteiger partial charge in [-0.05, 0) is 48.0 Å². The minimum Gasteiger partial charge on any atom is -1.00 e. The van der Waals surface area contributed by atoms with Gasteiger partial charge < -0.3 is 46.0 Å². The molecule has 0 saturated carbocycles. The van der Waals surface area contributed by atoms with Crippen molar-refractivity contribution >= 4 is 22.6 Å². The second kappa shape index (κ2) is 8.70. The molecule has 0 unspecified atom stereocenters. The summed E-state index contributed by atoms with van der Waals surface area (Å²) in [6.07, 6.45) is 2.87. The summed E-state index contributed by atoms with van der Waals surface area (Å²) in [4.78, 5) is 15.4. The molecule has 7 N–H and O–H groups in total. The number of carbonyl (C=O) groups is 1. The van der Waals surface area contributed by atoms with E-state index in [1.165, 1.54) is 5.56 Å². The van der Waals surface area contributed by atoms with Crippen molar-refractivity contribution in [3.05, 3.63) is 59.8 Å². The van der Waals surface area contributed by atoms with Crippen molar-refractivity contribution in [2.75, 3.05) is 6.54 Å². The number of quaternary nitrogens is 2. The highest BCUT2D eigenvalue weighted by Gasteiger charge is 2.11. The molecule has 2 aromatic carbocycles. The first-order valence-electron chi connectivity index (χ1n) is 7.21. The maximum atomic E-state index is 12.1. The van der Waals surface area contributed by atoms with Crippen LogP contribution in [0, 0.1) is 0 Å². The van der Waals surface area contributed by atoms with Crippen LogP contribution >= 0.6 is 0 Å². The Balaban J connectivity index is 0.00000144. The lowest BCUT2D eigenvalue weighted by Gasteiger charge is -2.05. The first kappa shape index (κ1) is 20.0. The molecule has 0 amide bonds. The van der Waals surface area contributed by atoms with Gasteiger partial charge in [-0.25, -0.2) is 4.79 Å².